The van der Waals surface area contributed by atoms with Crippen LogP contribution >= 0.6 is 11.3 Å². The maximum Gasteiger partial charge on any atom is 0.279 e. The summed E-state index contributed by atoms with van der Waals surface area (Å²) in [6, 6.07) is 11.2. The normalized spacial score (nSPS) is 12.7. The van der Waals surface area contributed by atoms with Crippen LogP contribution in [0.2, 0.25) is 0 Å². The number of hydrogen-bond donors (Lipinski definition) is 2. The van der Waals surface area contributed by atoms with Crippen LogP contribution in [0, 0.1) is 5.82 Å². The molecule has 0 fully saturated rings. The summed E-state index contributed by atoms with van der Waals surface area (Å²) in [7, 11) is 0. The van der Waals surface area contributed by atoms with Crippen LogP contribution in [-0.2, 0) is 4.79 Å². The average Bonchev–Trinajstić information content (AvgIpc) is 3.15. The van der Waals surface area contributed by atoms with Gasteiger partial charge >= 0.3 is 0 Å². The van der Waals surface area contributed by atoms with Gasteiger partial charge in [0.15, 0.2) is 5.13 Å². The van der Waals surface area contributed by atoms with E-state index in [9.17, 15) is 14.3 Å². The molecule has 1 aliphatic rings. The van der Waals surface area contributed by atoms with Crippen molar-refractivity contribution in [2.75, 3.05) is 11.9 Å². The van der Waals surface area contributed by atoms with Gasteiger partial charge in [-0.15, -0.1) is 0 Å². The fourth-order valence-electron chi connectivity index (χ4n) is 2.80. The van der Waals surface area contributed by atoms with Crippen LogP contribution in [0.15, 0.2) is 47.5 Å². The first-order valence-corrected chi connectivity index (χ1v) is 9.00. The first-order chi connectivity index (χ1) is 13.1. The second kappa shape index (κ2) is 6.81. The SMILES string of the molecule is CCOc1ccccc1Nc1nc(O)c(C2=c3cc(F)ccc3=NC2=O)s1. The fraction of sp³-hybridized carbons (Fsp3) is 0.105. The summed E-state index contributed by atoms with van der Waals surface area (Å²) in [5.74, 6) is -0.685. The van der Waals surface area contributed by atoms with E-state index in [-0.39, 0.29) is 16.3 Å². The van der Waals surface area contributed by atoms with E-state index in [0.29, 0.717) is 33.8 Å². The molecule has 3 aromatic rings. The molecule has 0 aliphatic carbocycles. The number of aromatic nitrogens is 1. The summed E-state index contributed by atoms with van der Waals surface area (Å²) in [4.78, 5) is 20.5. The summed E-state index contributed by atoms with van der Waals surface area (Å²) in [6.45, 7) is 2.38. The summed E-state index contributed by atoms with van der Waals surface area (Å²) >= 11 is 1.08. The van der Waals surface area contributed by atoms with Crippen molar-refractivity contribution >= 4 is 33.6 Å². The molecule has 4 rings (SSSR count). The van der Waals surface area contributed by atoms with Gasteiger partial charge in [-0.1, -0.05) is 23.5 Å². The quantitative estimate of drug-likeness (QED) is 0.707. The van der Waals surface area contributed by atoms with Crippen molar-refractivity contribution in [3.63, 3.8) is 0 Å². The number of ether oxygens (including phenoxy) is 1. The van der Waals surface area contributed by atoms with Crippen molar-refractivity contribution in [1.29, 1.82) is 0 Å². The van der Waals surface area contributed by atoms with Gasteiger partial charge in [-0.3, -0.25) is 4.79 Å². The van der Waals surface area contributed by atoms with Crippen molar-refractivity contribution < 1.29 is 19.0 Å². The maximum absolute atomic E-state index is 13.6. The lowest BCUT2D eigenvalue weighted by atomic mass is 10.1. The molecule has 136 valence electrons. The molecule has 6 nitrogen and oxygen atoms in total. The number of anilines is 2. The molecule has 0 atom stereocenters. The molecule has 0 saturated heterocycles. The van der Waals surface area contributed by atoms with Crippen molar-refractivity contribution in [2.45, 2.75) is 6.92 Å². The number of carbonyl (C=O) groups is 1. The Morgan fingerprint density at radius 1 is 1.26 bits per heavy atom. The van der Waals surface area contributed by atoms with E-state index in [2.05, 4.69) is 15.3 Å². The number of para-hydroxylation sites is 2. The molecule has 8 heteroatoms. The highest BCUT2D eigenvalue weighted by Crippen LogP contribution is 2.37. The molecule has 2 heterocycles. The summed E-state index contributed by atoms with van der Waals surface area (Å²) in [5, 5.41) is 14.5. The van der Waals surface area contributed by atoms with Crippen LogP contribution in [0.25, 0.3) is 5.57 Å². The number of fused-ring (bicyclic) bond motifs is 1. The summed E-state index contributed by atoms with van der Waals surface area (Å²) in [6.07, 6.45) is 0. The largest absolute Gasteiger partial charge is 0.492 e. The number of hydrogen-bond acceptors (Lipinski definition) is 6. The highest BCUT2D eigenvalue weighted by atomic mass is 32.1. The molecule has 27 heavy (non-hydrogen) atoms. The van der Waals surface area contributed by atoms with Crippen LogP contribution in [0.3, 0.4) is 0 Å². The lowest BCUT2D eigenvalue weighted by molar-refractivity contribution is -0.112. The molecule has 1 aromatic heterocycles. The van der Waals surface area contributed by atoms with Crippen molar-refractivity contribution in [3.8, 4) is 11.6 Å². The molecule has 1 amide bonds. The molecule has 0 saturated carbocycles. The van der Waals surface area contributed by atoms with Gasteiger partial charge in [0.25, 0.3) is 5.91 Å². The van der Waals surface area contributed by atoms with E-state index >= 15 is 0 Å². The van der Waals surface area contributed by atoms with Gasteiger partial charge in [0.1, 0.15) is 16.4 Å². The molecule has 2 N–H and O–H groups in total. The van der Waals surface area contributed by atoms with Crippen LogP contribution in [0.4, 0.5) is 15.2 Å². The van der Waals surface area contributed by atoms with Gasteiger partial charge in [0, 0.05) is 5.22 Å². The van der Waals surface area contributed by atoms with Gasteiger partial charge in [-0.05, 0) is 37.3 Å². The molecular formula is C19H14FN3O3S. The smallest absolute Gasteiger partial charge is 0.279 e. The lowest BCUT2D eigenvalue weighted by Crippen LogP contribution is -2.23. The number of rotatable bonds is 5. The van der Waals surface area contributed by atoms with Gasteiger partial charge in [0.2, 0.25) is 5.88 Å². The minimum absolute atomic E-state index is 0.144. The van der Waals surface area contributed by atoms with Gasteiger partial charge in [0.05, 0.1) is 23.2 Å². The van der Waals surface area contributed by atoms with E-state index in [4.69, 9.17) is 4.74 Å². The number of amides is 1. The Morgan fingerprint density at radius 3 is 2.89 bits per heavy atom. The number of nitrogens with zero attached hydrogens (tertiary/aromatic N) is 2. The van der Waals surface area contributed by atoms with E-state index in [0.717, 1.165) is 11.3 Å². The topological polar surface area (TPSA) is 83.8 Å². The Hall–Kier alpha value is -3.26. The molecular weight excluding hydrogens is 369 g/mol. The van der Waals surface area contributed by atoms with Crippen LogP contribution in [0.5, 0.6) is 11.6 Å². The zero-order valence-electron chi connectivity index (χ0n) is 14.2. The van der Waals surface area contributed by atoms with E-state index in [1.807, 2.05) is 31.2 Å². The Labute approximate surface area is 157 Å². The third-order valence-corrected chi connectivity index (χ3v) is 4.91. The molecule has 1 aliphatic heterocycles. The van der Waals surface area contributed by atoms with Gasteiger partial charge in [-0.2, -0.15) is 4.98 Å². The third kappa shape index (κ3) is 3.15. The maximum atomic E-state index is 13.6. The Kier molecular flexibility index (Phi) is 4.33. The highest BCUT2D eigenvalue weighted by Gasteiger charge is 2.25. The average molecular weight is 383 g/mol. The van der Waals surface area contributed by atoms with Crippen LogP contribution in [0.1, 0.15) is 11.8 Å². The van der Waals surface area contributed by atoms with E-state index in [1.54, 1.807) is 0 Å². The number of aromatic hydroxyl groups is 1. The van der Waals surface area contributed by atoms with E-state index < -0.39 is 11.7 Å². The predicted octanol–water partition coefficient (Wildman–Crippen LogP) is 2.49. The first kappa shape index (κ1) is 17.2. The number of nitrogens with one attached hydrogen (secondary N) is 1. The second-order valence-electron chi connectivity index (χ2n) is 5.68. The standard InChI is InChI=1S/C19H14FN3O3S/c1-2-26-14-6-4-3-5-13(14)22-19-23-18(25)16(27-19)15-11-9-10(20)7-8-12(11)21-17(15)24/h3-9,25H,2H2,1H3,(H,22,23). The Bertz CT molecular complexity index is 1170. The number of benzene rings is 2. The highest BCUT2D eigenvalue weighted by molar-refractivity contribution is 7.17. The molecule has 0 unspecified atom stereocenters. The zero-order chi connectivity index (χ0) is 19.0. The second-order valence-corrected chi connectivity index (χ2v) is 6.68. The van der Waals surface area contributed by atoms with Crippen molar-refractivity contribution in [1.82, 2.24) is 4.98 Å². The Balaban J connectivity index is 1.77. The van der Waals surface area contributed by atoms with Crippen LogP contribution in [-0.4, -0.2) is 22.6 Å². The van der Waals surface area contributed by atoms with Crippen LogP contribution < -0.4 is 20.6 Å². The third-order valence-electron chi connectivity index (χ3n) is 3.93. The molecule has 2 aromatic carbocycles. The predicted molar refractivity (Wildman–Crippen MR) is 99.4 cm³/mol. The zero-order valence-corrected chi connectivity index (χ0v) is 15.0. The first-order valence-electron chi connectivity index (χ1n) is 8.18. The minimum atomic E-state index is -0.532. The minimum Gasteiger partial charge on any atom is -0.492 e. The van der Waals surface area contributed by atoms with Gasteiger partial charge in [-0.25, -0.2) is 9.38 Å². The monoisotopic (exact) mass is 383 g/mol. The fourth-order valence-corrected chi connectivity index (χ4v) is 3.72. The summed E-state index contributed by atoms with van der Waals surface area (Å²) < 4.78 is 19.2. The number of thiazole rings is 1. The van der Waals surface area contributed by atoms with Crippen molar-refractivity contribution in [3.05, 3.63) is 63.7 Å². The number of carbonyl (C=O) groups excluding carboxylic acids is 1. The molecule has 0 spiro atoms. The number of halogens is 1. The summed E-state index contributed by atoms with van der Waals surface area (Å²) in [5.41, 5.74) is 0.823. The van der Waals surface area contributed by atoms with E-state index in [1.165, 1.54) is 18.2 Å². The molecule has 0 radical (unpaired) electrons. The lowest BCUT2D eigenvalue weighted by Gasteiger charge is -2.09. The Morgan fingerprint density at radius 2 is 2.07 bits per heavy atom. The van der Waals surface area contributed by atoms with Gasteiger partial charge < -0.3 is 15.2 Å². The van der Waals surface area contributed by atoms with Crippen molar-refractivity contribution in [2.24, 2.45) is 4.99 Å². The molecule has 0 bridgehead atoms.